The standard InChI is InChI=1S/C12H19N3O4/c1-4-12(3)9(17)15(10(18)13-12)5-8(16)14-6-11(2,19)7-14/h19H,4-7H2,1-3H3,(H,13,18). The predicted molar refractivity (Wildman–Crippen MR) is 66.1 cm³/mol. The van der Waals surface area contributed by atoms with Crippen molar-refractivity contribution < 1.29 is 19.5 Å². The fourth-order valence-electron chi connectivity index (χ4n) is 2.32. The molecule has 0 aromatic carbocycles. The molecule has 2 heterocycles. The number of β-amino-alcohol motifs (C(OH)–C–C–N with tert-alkyl or cyclic N) is 1. The Morgan fingerprint density at radius 2 is 1.95 bits per heavy atom. The van der Waals surface area contributed by atoms with Crippen LogP contribution in [0.4, 0.5) is 4.79 Å². The topological polar surface area (TPSA) is 90.0 Å². The number of hydrogen-bond acceptors (Lipinski definition) is 4. The monoisotopic (exact) mass is 269 g/mol. The molecule has 0 aliphatic carbocycles. The van der Waals surface area contributed by atoms with Crippen LogP contribution in [0.25, 0.3) is 0 Å². The Morgan fingerprint density at radius 3 is 2.37 bits per heavy atom. The first-order valence-electron chi connectivity index (χ1n) is 6.33. The fourth-order valence-corrected chi connectivity index (χ4v) is 2.32. The molecule has 2 fully saturated rings. The zero-order valence-electron chi connectivity index (χ0n) is 11.4. The van der Waals surface area contributed by atoms with Crippen molar-refractivity contribution in [1.29, 1.82) is 0 Å². The lowest BCUT2D eigenvalue weighted by molar-refractivity contribution is -0.154. The molecule has 0 saturated carbocycles. The maximum absolute atomic E-state index is 12.1. The number of nitrogens with zero attached hydrogens (tertiary/aromatic N) is 2. The number of likely N-dealkylation sites (tertiary alicyclic amines) is 1. The number of nitrogens with one attached hydrogen (secondary N) is 1. The van der Waals surface area contributed by atoms with Crippen molar-refractivity contribution in [1.82, 2.24) is 15.1 Å². The molecule has 2 rings (SSSR count). The van der Waals surface area contributed by atoms with Crippen LogP contribution in [0.1, 0.15) is 27.2 Å². The first kappa shape index (κ1) is 13.8. The van der Waals surface area contributed by atoms with Gasteiger partial charge in [-0.15, -0.1) is 0 Å². The highest BCUT2D eigenvalue weighted by molar-refractivity contribution is 6.08. The average Bonchev–Trinajstić information content (AvgIpc) is 2.50. The van der Waals surface area contributed by atoms with Gasteiger partial charge in [0, 0.05) is 0 Å². The summed E-state index contributed by atoms with van der Waals surface area (Å²) in [5.41, 5.74) is -1.78. The van der Waals surface area contributed by atoms with Gasteiger partial charge in [-0.3, -0.25) is 14.5 Å². The molecule has 2 aliphatic rings. The van der Waals surface area contributed by atoms with Crippen molar-refractivity contribution in [2.75, 3.05) is 19.6 Å². The molecule has 1 atom stereocenters. The molecule has 0 spiro atoms. The van der Waals surface area contributed by atoms with Gasteiger partial charge in [0.25, 0.3) is 5.91 Å². The molecule has 0 radical (unpaired) electrons. The van der Waals surface area contributed by atoms with Gasteiger partial charge in [-0.25, -0.2) is 4.79 Å². The van der Waals surface area contributed by atoms with E-state index >= 15 is 0 Å². The summed E-state index contributed by atoms with van der Waals surface area (Å²) in [7, 11) is 0. The summed E-state index contributed by atoms with van der Waals surface area (Å²) in [6.07, 6.45) is 0.473. The van der Waals surface area contributed by atoms with E-state index in [-0.39, 0.29) is 31.4 Å². The second-order valence-corrected chi connectivity index (χ2v) is 5.75. The number of aliphatic hydroxyl groups is 1. The highest BCUT2D eigenvalue weighted by Crippen LogP contribution is 2.23. The van der Waals surface area contributed by atoms with Crippen molar-refractivity contribution in [2.24, 2.45) is 0 Å². The van der Waals surface area contributed by atoms with Gasteiger partial charge in [0.15, 0.2) is 0 Å². The first-order valence-corrected chi connectivity index (χ1v) is 6.33. The molecular weight excluding hydrogens is 250 g/mol. The predicted octanol–water partition coefficient (Wildman–Crippen LogP) is -0.700. The van der Waals surface area contributed by atoms with Crippen molar-refractivity contribution in [3.05, 3.63) is 0 Å². The van der Waals surface area contributed by atoms with Gasteiger partial charge in [-0.05, 0) is 20.3 Å². The Balaban J connectivity index is 1.99. The normalized spacial score (nSPS) is 29.3. The zero-order valence-corrected chi connectivity index (χ0v) is 11.4. The highest BCUT2D eigenvalue weighted by Gasteiger charge is 2.48. The SMILES string of the molecule is CCC1(C)NC(=O)N(CC(=O)N2CC(C)(O)C2)C1=O. The van der Waals surface area contributed by atoms with Gasteiger partial charge in [-0.1, -0.05) is 6.92 Å². The zero-order chi connectivity index (χ0) is 14.4. The number of urea groups is 1. The van der Waals surface area contributed by atoms with E-state index in [2.05, 4.69) is 5.32 Å². The number of hydrogen-bond donors (Lipinski definition) is 2. The Hall–Kier alpha value is -1.63. The van der Waals surface area contributed by atoms with Crippen LogP contribution in [0.3, 0.4) is 0 Å². The molecule has 19 heavy (non-hydrogen) atoms. The van der Waals surface area contributed by atoms with Crippen LogP contribution in [0.5, 0.6) is 0 Å². The van der Waals surface area contributed by atoms with Crippen LogP contribution in [-0.4, -0.2) is 63.5 Å². The van der Waals surface area contributed by atoms with Gasteiger partial charge in [-0.2, -0.15) is 0 Å². The smallest absolute Gasteiger partial charge is 0.325 e. The van der Waals surface area contributed by atoms with Gasteiger partial charge in [0.1, 0.15) is 12.1 Å². The van der Waals surface area contributed by atoms with Crippen molar-refractivity contribution >= 4 is 17.8 Å². The van der Waals surface area contributed by atoms with Gasteiger partial charge < -0.3 is 15.3 Å². The van der Waals surface area contributed by atoms with Crippen LogP contribution in [-0.2, 0) is 9.59 Å². The Morgan fingerprint density at radius 1 is 1.37 bits per heavy atom. The van der Waals surface area contributed by atoms with Crippen molar-refractivity contribution in [2.45, 2.75) is 38.3 Å². The molecule has 0 aromatic rings. The summed E-state index contributed by atoms with van der Waals surface area (Å²) >= 11 is 0. The van der Waals surface area contributed by atoms with Gasteiger partial charge >= 0.3 is 6.03 Å². The van der Waals surface area contributed by atoms with Crippen molar-refractivity contribution in [3.8, 4) is 0 Å². The van der Waals surface area contributed by atoms with E-state index in [0.29, 0.717) is 6.42 Å². The van der Waals surface area contributed by atoms with Crippen LogP contribution in [0.15, 0.2) is 0 Å². The second kappa shape index (κ2) is 4.19. The highest BCUT2D eigenvalue weighted by atomic mass is 16.3. The molecule has 1 unspecified atom stereocenters. The van der Waals surface area contributed by atoms with E-state index < -0.39 is 17.2 Å². The van der Waals surface area contributed by atoms with Crippen LogP contribution < -0.4 is 5.32 Å². The van der Waals surface area contributed by atoms with Crippen molar-refractivity contribution in [3.63, 3.8) is 0 Å². The molecule has 7 nitrogen and oxygen atoms in total. The van der Waals surface area contributed by atoms with Crippen LogP contribution in [0, 0.1) is 0 Å². The van der Waals surface area contributed by atoms with E-state index in [9.17, 15) is 19.5 Å². The fraction of sp³-hybridized carbons (Fsp3) is 0.750. The third-order valence-corrected chi connectivity index (χ3v) is 3.76. The minimum Gasteiger partial charge on any atom is -0.386 e. The molecule has 106 valence electrons. The number of imide groups is 1. The molecule has 0 bridgehead atoms. The maximum atomic E-state index is 12.1. The van der Waals surface area contributed by atoms with E-state index in [1.165, 1.54) is 4.90 Å². The molecule has 2 aliphatic heterocycles. The molecule has 7 heteroatoms. The summed E-state index contributed by atoms with van der Waals surface area (Å²) in [6, 6.07) is -0.532. The largest absolute Gasteiger partial charge is 0.386 e. The molecule has 0 aromatic heterocycles. The summed E-state index contributed by atoms with van der Waals surface area (Å²) in [4.78, 5) is 38.1. The number of rotatable bonds is 3. The van der Waals surface area contributed by atoms with Crippen LogP contribution in [0.2, 0.25) is 0 Å². The Labute approximate surface area is 111 Å². The summed E-state index contributed by atoms with van der Waals surface area (Å²) in [5, 5.41) is 12.2. The molecule has 2 saturated heterocycles. The lowest BCUT2D eigenvalue weighted by Crippen LogP contribution is -2.63. The lowest BCUT2D eigenvalue weighted by atomic mass is 9.97. The first-order chi connectivity index (χ1) is 8.68. The minimum atomic E-state index is -0.919. The van der Waals surface area contributed by atoms with E-state index in [1.54, 1.807) is 20.8 Å². The lowest BCUT2D eigenvalue weighted by Gasteiger charge is -2.44. The van der Waals surface area contributed by atoms with E-state index in [4.69, 9.17) is 0 Å². The van der Waals surface area contributed by atoms with E-state index in [1.807, 2.05) is 0 Å². The van der Waals surface area contributed by atoms with Crippen LogP contribution >= 0.6 is 0 Å². The second-order valence-electron chi connectivity index (χ2n) is 5.75. The third kappa shape index (κ3) is 2.30. The Bertz CT molecular complexity index is 440. The average molecular weight is 269 g/mol. The summed E-state index contributed by atoms with van der Waals surface area (Å²) < 4.78 is 0. The number of carbonyl (C=O) groups is 3. The third-order valence-electron chi connectivity index (χ3n) is 3.76. The summed E-state index contributed by atoms with van der Waals surface area (Å²) in [5.74, 6) is -0.698. The quantitative estimate of drug-likeness (QED) is 0.663. The number of carbonyl (C=O) groups excluding carboxylic acids is 3. The van der Waals surface area contributed by atoms with Gasteiger partial charge in [0.05, 0.1) is 18.7 Å². The minimum absolute atomic E-state index is 0.237. The molecular formula is C12H19N3O4. The summed E-state index contributed by atoms with van der Waals surface area (Å²) in [6.45, 7) is 5.29. The Kier molecular flexibility index (Phi) is 3.04. The molecule has 4 amide bonds. The number of amides is 4. The van der Waals surface area contributed by atoms with Gasteiger partial charge in [0.2, 0.25) is 5.91 Å². The maximum Gasteiger partial charge on any atom is 0.325 e. The molecule has 2 N–H and O–H groups in total. The van der Waals surface area contributed by atoms with E-state index in [0.717, 1.165) is 4.90 Å².